The summed E-state index contributed by atoms with van der Waals surface area (Å²) >= 11 is 1.30. The first-order valence-electron chi connectivity index (χ1n) is 12.6. The number of carbonyl (C=O) groups excluding carboxylic acids is 2. The van der Waals surface area contributed by atoms with Crippen LogP contribution in [0.1, 0.15) is 59.7 Å². The third kappa shape index (κ3) is 7.66. The van der Waals surface area contributed by atoms with Gasteiger partial charge in [0.25, 0.3) is 5.91 Å². The standard InChI is InChI=1S/C29H30N2O8S/c1-17(37-18(2)33)26(34)31-22-6-3-5-21(13-22)29-38-23(16-40-27-24(28(35)36)7-4-12-30-27)14-25(39-29)20-10-8-19(15-32)9-11-20/h3-13,17,23,25,29,32H,14-16H2,1-2H3,(H,31,34)(H,35,36)/t17-,23-,25+,29+/m0/s1. The van der Waals surface area contributed by atoms with Crippen LogP contribution in [-0.2, 0) is 30.4 Å². The van der Waals surface area contributed by atoms with Crippen LogP contribution in [0.3, 0.4) is 0 Å². The molecule has 1 aromatic heterocycles. The van der Waals surface area contributed by atoms with E-state index in [1.165, 1.54) is 31.7 Å². The second kappa shape index (κ2) is 13.5. The van der Waals surface area contributed by atoms with Crippen molar-refractivity contribution < 1.29 is 38.8 Å². The molecule has 0 spiro atoms. The van der Waals surface area contributed by atoms with Crippen LogP contribution in [0.25, 0.3) is 0 Å². The summed E-state index contributed by atoms with van der Waals surface area (Å²) in [4.78, 5) is 39.5. The molecular weight excluding hydrogens is 536 g/mol. The molecule has 10 nitrogen and oxygen atoms in total. The van der Waals surface area contributed by atoms with E-state index in [2.05, 4.69) is 10.3 Å². The van der Waals surface area contributed by atoms with Gasteiger partial charge in [0.2, 0.25) is 0 Å². The Balaban J connectivity index is 1.55. The molecule has 0 bridgehead atoms. The summed E-state index contributed by atoms with van der Waals surface area (Å²) in [6, 6.07) is 17.6. The van der Waals surface area contributed by atoms with E-state index in [1.807, 2.05) is 30.3 Å². The highest BCUT2D eigenvalue weighted by Crippen LogP contribution is 2.40. The Bertz CT molecular complexity index is 1350. The van der Waals surface area contributed by atoms with Crippen LogP contribution in [0.4, 0.5) is 5.69 Å². The maximum Gasteiger partial charge on any atom is 0.338 e. The van der Waals surface area contributed by atoms with Gasteiger partial charge < -0.3 is 29.7 Å². The van der Waals surface area contributed by atoms with Crippen LogP contribution in [0, 0.1) is 0 Å². The maximum absolute atomic E-state index is 12.5. The molecule has 0 radical (unpaired) electrons. The summed E-state index contributed by atoms with van der Waals surface area (Å²) in [6.45, 7) is 2.66. The number of carbonyl (C=O) groups is 3. The number of hydrogen-bond acceptors (Lipinski definition) is 9. The molecule has 2 aromatic carbocycles. The summed E-state index contributed by atoms with van der Waals surface area (Å²) in [5.41, 5.74) is 2.95. The van der Waals surface area contributed by atoms with Crippen LogP contribution in [-0.4, -0.2) is 51.0 Å². The van der Waals surface area contributed by atoms with Crippen molar-refractivity contribution in [2.24, 2.45) is 0 Å². The highest BCUT2D eigenvalue weighted by Gasteiger charge is 2.33. The minimum Gasteiger partial charge on any atom is -0.478 e. The Kier molecular flexibility index (Phi) is 9.88. The van der Waals surface area contributed by atoms with Crippen molar-refractivity contribution >= 4 is 35.3 Å². The number of anilines is 1. The number of hydrogen-bond donors (Lipinski definition) is 3. The molecule has 1 fully saturated rings. The van der Waals surface area contributed by atoms with E-state index < -0.39 is 30.2 Å². The average Bonchev–Trinajstić information content (AvgIpc) is 2.96. The Hall–Kier alpha value is -3.77. The van der Waals surface area contributed by atoms with Crippen molar-refractivity contribution in [3.8, 4) is 0 Å². The predicted molar refractivity (Wildman–Crippen MR) is 147 cm³/mol. The molecular formula is C29H30N2O8S. The van der Waals surface area contributed by atoms with Gasteiger partial charge in [-0.05, 0) is 42.3 Å². The highest BCUT2D eigenvalue weighted by atomic mass is 32.2. The van der Waals surface area contributed by atoms with E-state index in [-0.39, 0.29) is 24.4 Å². The van der Waals surface area contributed by atoms with Crippen molar-refractivity contribution in [2.45, 2.75) is 56.5 Å². The first-order valence-corrected chi connectivity index (χ1v) is 13.6. The van der Waals surface area contributed by atoms with Gasteiger partial charge in [0.1, 0.15) is 5.03 Å². The number of aromatic nitrogens is 1. The number of rotatable bonds is 10. The number of benzene rings is 2. The molecule has 4 atom stereocenters. The molecule has 3 aromatic rings. The molecule has 0 unspecified atom stereocenters. The van der Waals surface area contributed by atoms with Crippen molar-refractivity contribution in [2.75, 3.05) is 11.1 Å². The summed E-state index contributed by atoms with van der Waals surface area (Å²) in [5, 5.41) is 22.1. The largest absolute Gasteiger partial charge is 0.478 e. The Labute approximate surface area is 235 Å². The molecule has 1 amide bonds. The summed E-state index contributed by atoms with van der Waals surface area (Å²) in [6.07, 6.45) is -0.353. The zero-order valence-corrected chi connectivity index (χ0v) is 22.8. The minimum absolute atomic E-state index is 0.0681. The van der Waals surface area contributed by atoms with E-state index in [9.17, 15) is 24.6 Å². The first-order chi connectivity index (χ1) is 19.2. The van der Waals surface area contributed by atoms with Gasteiger partial charge in [0.15, 0.2) is 12.4 Å². The number of carboxylic acid groups (broad SMARTS) is 1. The first kappa shape index (κ1) is 29.2. The van der Waals surface area contributed by atoms with E-state index >= 15 is 0 Å². The SMILES string of the molecule is CC(=O)O[C@@H](C)C(=O)Nc1cccc([C@@H]2O[C@H](CSc3ncccc3C(=O)O)C[C@H](c3ccc(CO)cc3)O2)c1. The smallest absolute Gasteiger partial charge is 0.338 e. The van der Waals surface area contributed by atoms with E-state index in [0.717, 1.165) is 11.1 Å². The fraction of sp³-hybridized carbons (Fsp3) is 0.310. The zero-order valence-electron chi connectivity index (χ0n) is 22.0. The molecule has 3 N–H and O–H groups in total. The third-order valence-corrected chi connectivity index (χ3v) is 7.30. The molecule has 40 heavy (non-hydrogen) atoms. The summed E-state index contributed by atoms with van der Waals surface area (Å²) in [5.74, 6) is -1.65. The molecule has 210 valence electrons. The molecule has 0 saturated carbocycles. The zero-order chi connectivity index (χ0) is 28.6. The van der Waals surface area contributed by atoms with E-state index in [4.69, 9.17) is 14.2 Å². The summed E-state index contributed by atoms with van der Waals surface area (Å²) < 4.78 is 17.6. The van der Waals surface area contributed by atoms with Gasteiger partial charge in [-0.25, -0.2) is 9.78 Å². The third-order valence-electron chi connectivity index (χ3n) is 6.16. The second-order valence-corrected chi connectivity index (χ2v) is 10.2. The molecule has 1 aliphatic heterocycles. The number of amides is 1. The normalized spacial score (nSPS) is 19.4. The van der Waals surface area contributed by atoms with Gasteiger partial charge in [-0.15, -0.1) is 11.8 Å². The lowest BCUT2D eigenvalue weighted by atomic mass is 10.0. The monoisotopic (exact) mass is 566 g/mol. The number of ether oxygens (including phenoxy) is 3. The molecule has 4 rings (SSSR count). The number of carboxylic acids is 1. The Morgan fingerprint density at radius 1 is 1.10 bits per heavy atom. The second-order valence-electron chi connectivity index (χ2n) is 9.19. The number of aliphatic hydroxyl groups is 1. The van der Waals surface area contributed by atoms with Crippen LogP contribution in [0.15, 0.2) is 71.9 Å². The number of pyridine rings is 1. The number of aliphatic hydroxyl groups excluding tert-OH is 1. The number of nitrogens with one attached hydrogen (secondary N) is 1. The van der Waals surface area contributed by atoms with Crippen molar-refractivity contribution in [3.63, 3.8) is 0 Å². The van der Waals surface area contributed by atoms with Crippen molar-refractivity contribution in [1.29, 1.82) is 0 Å². The molecule has 0 aliphatic carbocycles. The average molecular weight is 567 g/mol. The van der Waals surface area contributed by atoms with E-state index in [0.29, 0.717) is 28.5 Å². The minimum atomic E-state index is -1.05. The maximum atomic E-state index is 12.5. The quantitative estimate of drug-likeness (QED) is 0.237. The lowest BCUT2D eigenvalue weighted by Crippen LogP contribution is -2.31. The lowest BCUT2D eigenvalue weighted by molar-refractivity contribution is -0.245. The Morgan fingerprint density at radius 2 is 1.88 bits per heavy atom. The predicted octanol–water partition coefficient (Wildman–Crippen LogP) is 4.50. The molecule has 1 aliphatic rings. The van der Waals surface area contributed by atoms with E-state index in [1.54, 1.807) is 30.5 Å². The molecule has 11 heteroatoms. The van der Waals surface area contributed by atoms with Gasteiger partial charge in [-0.3, -0.25) is 9.59 Å². The number of esters is 1. The molecule has 1 saturated heterocycles. The van der Waals surface area contributed by atoms with Crippen molar-refractivity contribution in [3.05, 3.63) is 89.1 Å². The summed E-state index contributed by atoms with van der Waals surface area (Å²) in [7, 11) is 0. The topological polar surface area (TPSA) is 144 Å². The van der Waals surface area contributed by atoms with Crippen LogP contribution >= 0.6 is 11.8 Å². The van der Waals surface area contributed by atoms with Crippen LogP contribution in [0.2, 0.25) is 0 Å². The van der Waals surface area contributed by atoms with Crippen LogP contribution < -0.4 is 5.32 Å². The number of thioether (sulfide) groups is 1. The molecule has 2 heterocycles. The fourth-order valence-corrected chi connectivity index (χ4v) is 5.18. The van der Waals surface area contributed by atoms with Gasteiger partial charge in [-0.1, -0.05) is 36.4 Å². The van der Waals surface area contributed by atoms with Crippen molar-refractivity contribution in [1.82, 2.24) is 4.98 Å². The highest BCUT2D eigenvalue weighted by molar-refractivity contribution is 7.99. The lowest BCUT2D eigenvalue weighted by Gasteiger charge is -2.36. The van der Waals surface area contributed by atoms with Crippen LogP contribution in [0.5, 0.6) is 0 Å². The number of nitrogens with zero attached hydrogens (tertiary/aromatic N) is 1. The van der Waals surface area contributed by atoms with Gasteiger partial charge in [0, 0.05) is 36.5 Å². The van der Waals surface area contributed by atoms with Gasteiger partial charge in [-0.2, -0.15) is 0 Å². The number of aromatic carboxylic acids is 1. The van der Waals surface area contributed by atoms with Gasteiger partial charge in [0.05, 0.1) is 24.4 Å². The van der Waals surface area contributed by atoms with Gasteiger partial charge >= 0.3 is 11.9 Å². The fourth-order valence-electron chi connectivity index (χ4n) is 4.17. The Morgan fingerprint density at radius 3 is 2.58 bits per heavy atom.